The molecule has 1 saturated carbocycles. The van der Waals surface area contributed by atoms with E-state index < -0.39 is 5.54 Å². The van der Waals surface area contributed by atoms with Crippen molar-refractivity contribution in [3.8, 4) is 6.07 Å². The first-order valence-electron chi connectivity index (χ1n) is 6.34. The largest absolute Gasteiger partial charge is 0.415 e. The normalized spacial score (nSPS) is 16.8. The second-order valence-corrected chi connectivity index (χ2v) is 6.43. The Morgan fingerprint density at radius 2 is 2.25 bits per heavy atom. The number of rotatable bonds is 6. The Morgan fingerprint density at radius 3 is 2.90 bits per heavy atom. The molecule has 1 N–H and O–H groups in total. The van der Waals surface area contributed by atoms with Crippen LogP contribution in [-0.4, -0.2) is 33.7 Å². The van der Waals surface area contributed by atoms with Crippen molar-refractivity contribution < 1.29 is 9.21 Å². The highest BCUT2D eigenvalue weighted by molar-refractivity contribution is 7.99. The van der Waals surface area contributed by atoms with Gasteiger partial charge in [-0.05, 0) is 31.9 Å². The zero-order chi connectivity index (χ0) is 14.4. The predicted octanol–water partition coefficient (Wildman–Crippen LogP) is 1.98. The van der Waals surface area contributed by atoms with Gasteiger partial charge in [0.1, 0.15) is 5.54 Å². The quantitative estimate of drug-likeness (QED) is 0.803. The zero-order valence-corrected chi connectivity index (χ0v) is 12.9. The second-order valence-electron chi connectivity index (χ2n) is 4.63. The number of nitriles is 1. The van der Waals surface area contributed by atoms with E-state index in [1.165, 1.54) is 11.8 Å². The molecule has 20 heavy (non-hydrogen) atoms. The second kappa shape index (κ2) is 6.99. The number of thioether (sulfide) groups is 2. The summed E-state index contributed by atoms with van der Waals surface area (Å²) in [7, 11) is 0. The molecule has 1 aromatic heterocycles. The van der Waals surface area contributed by atoms with Gasteiger partial charge in [-0.3, -0.25) is 4.79 Å². The third-order valence-corrected chi connectivity index (χ3v) is 4.45. The Balaban J connectivity index is 1.81. The summed E-state index contributed by atoms with van der Waals surface area (Å²) < 4.78 is 5.37. The van der Waals surface area contributed by atoms with Gasteiger partial charge in [-0.2, -0.15) is 17.0 Å². The van der Waals surface area contributed by atoms with Crippen LogP contribution in [0.15, 0.2) is 9.64 Å². The lowest BCUT2D eigenvalue weighted by Gasteiger charge is -2.21. The molecule has 8 heteroatoms. The highest BCUT2D eigenvalue weighted by Crippen LogP contribution is 2.29. The lowest BCUT2D eigenvalue weighted by molar-refractivity contribution is -0.119. The standard InChI is InChI=1S/C12H16N4O2S2/c1-19-7-10-15-16-11(18-10)20-6-9(17)14-12(8-13)4-2-3-5-12/h2-7H2,1H3,(H,14,17). The van der Waals surface area contributed by atoms with Crippen LogP contribution in [0.5, 0.6) is 0 Å². The van der Waals surface area contributed by atoms with E-state index in [9.17, 15) is 10.1 Å². The van der Waals surface area contributed by atoms with Gasteiger partial charge < -0.3 is 9.73 Å². The van der Waals surface area contributed by atoms with E-state index in [4.69, 9.17) is 4.42 Å². The SMILES string of the molecule is CSCc1nnc(SCC(=O)NC2(C#N)CCCC2)o1. The van der Waals surface area contributed by atoms with E-state index in [0.717, 1.165) is 25.7 Å². The van der Waals surface area contributed by atoms with Crippen molar-refractivity contribution in [3.05, 3.63) is 5.89 Å². The average Bonchev–Trinajstić information content (AvgIpc) is 3.07. The number of hydrogen-bond donors (Lipinski definition) is 1. The van der Waals surface area contributed by atoms with Crippen LogP contribution in [0.4, 0.5) is 0 Å². The highest BCUT2D eigenvalue weighted by atomic mass is 32.2. The monoisotopic (exact) mass is 312 g/mol. The van der Waals surface area contributed by atoms with E-state index in [0.29, 0.717) is 16.9 Å². The fraction of sp³-hybridized carbons (Fsp3) is 0.667. The first-order valence-corrected chi connectivity index (χ1v) is 8.72. The minimum atomic E-state index is -0.670. The molecule has 1 heterocycles. The lowest BCUT2D eigenvalue weighted by Crippen LogP contribution is -2.45. The van der Waals surface area contributed by atoms with Crippen LogP contribution in [0, 0.1) is 11.3 Å². The molecule has 0 atom stereocenters. The van der Waals surface area contributed by atoms with Crippen LogP contribution in [0.2, 0.25) is 0 Å². The number of hydrogen-bond acceptors (Lipinski definition) is 7. The van der Waals surface area contributed by atoms with Gasteiger partial charge in [0.25, 0.3) is 5.22 Å². The molecule has 6 nitrogen and oxygen atoms in total. The van der Waals surface area contributed by atoms with Crippen LogP contribution in [-0.2, 0) is 10.5 Å². The first kappa shape index (κ1) is 15.2. The van der Waals surface area contributed by atoms with Crippen molar-refractivity contribution in [3.63, 3.8) is 0 Å². The Hall–Kier alpha value is -1.20. The summed E-state index contributed by atoms with van der Waals surface area (Å²) in [6.07, 6.45) is 5.40. The first-order chi connectivity index (χ1) is 9.67. The molecule has 2 rings (SSSR count). The molecule has 0 bridgehead atoms. The molecule has 1 aliphatic rings. The Kier molecular flexibility index (Phi) is 5.31. The number of carbonyl (C=O) groups is 1. The van der Waals surface area contributed by atoms with E-state index >= 15 is 0 Å². The molecule has 0 unspecified atom stereocenters. The summed E-state index contributed by atoms with van der Waals surface area (Å²) in [5, 5.41) is 20.2. The van der Waals surface area contributed by atoms with Crippen molar-refractivity contribution in [1.82, 2.24) is 15.5 Å². The van der Waals surface area contributed by atoms with Crippen LogP contribution in [0.25, 0.3) is 0 Å². The van der Waals surface area contributed by atoms with Gasteiger partial charge in [0.15, 0.2) is 0 Å². The molecule has 0 saturated heterocycles. The van der Waals surface area contributed by atoms with Gasteiger partial charge in [-0.1, -0.05) is 11.8 Å². The van der Waals surface area contributed by atoms with Gasteiger partial charge in [0.2, 0.25) is 11.8 Å². The Labute approximate surface area is 126 Å². The van der Waals surface area contributed by atoms with E-state index in [1.807, 2.05) is 6.26 Å². The number of aromatic nitrogens is 2. The molecule has 1 aliphatic carbocycles. The molecular formula is C12H16N4O2S2. The Morgan fingerprint density at radius 1 is 1.50 bits per heavy atom. The van der Waals surface area contributed by atoms with Crippen molar-refractivity contribution in [2.45, 2.75) is 42.2 Å². The van der Waals surface area contributed by atoms with Gasteiger partial charge >= 0.3 is 0 Å². The van der Waals surface area contributed by atoms with Crippen molar-refractivity contribution in [1.29, 1.82) is 5.26 Å². The summed E-state index contributed by atoms with van der Waals surface area (Å²) in [6.45, 7) is 0. The summed E-state index contributed by atoms with van der Waals surface area (Å²) in [4.78, 5) is 11.9. The highest BCUT2D eigenvalue weighted by Gasteiger charge is 2.35. The smallest absolute Gasteiger partial charge is 0.277 e. The number of amides is 1. The minimum absolute atomic E-state index is 0.164. The third kappa shape index (κ3) is 3.90. The molecule has 0 radical (unpaired) electrons. The van der Waals surface area contributed by atoms with Gasteiger partial charge in [-0.25, -0.2) is 0 Å². The maximum absolute atomic E-state index is 11.9. The van der Waals surface area contributed by atoms with Crippen LogP contribution in [0.1, 0.15) is 31.6 Å². The summed E-state index contributed by atoms with van der Waals surface area (Å²) in [5.41, 5.74) is -0.670. The fourth-order valence-electron chi connectivity index (χ4n) is 2.15. The van der Waals surface area contributed by atoms with Crippen LogP contribution < -0.4 is 5.32 Å². The average molecular weight is 312 g/mol. The number of nitrogens with zero attached hydrogens (tertiary/aromatic N) is 3. The van der Waals surface area contributed by atoms with E-state index in [2.05, 4.69) is 21.6 Å². The van der Waals surface area contributed by atoms with Crippen molar-refractivity contribution in [2.75, 3.05) is 12.0 Å². The van der Waals surface area contributed by atoms with E-state index in [1.54, 1.807) is 11.8 Å². The summed E-state index contributed by atoms with van der Waals surface area (Å²) in [5.74, 6) is 1.24. The molecule has 1 amide bonds. The van der Waals surface area contributed by atoms with Crippen LogP contribution >= 0.6 is 23.5 Å². The molecule has 0 aliphatic heterocycles. The van der Waals surface area contributed by atoms with E-state index in [-0.39, 0.29) is 11.7 Å². The van der Waals surface area contributed by atoms with Crippen molar-refractivity contribution >= 4 is 29.4 Å². The molecule has 1 fully saturated rings. The molecule has 0 aromatic carbocycles. The van der Waals surface area contributed by atoms with Crippen molar-refractivity contribution in [2.24, 2.45) is 0 Å². The molecule has 1 aromatic rings. The number of carbonyl (C=O) groups excluding carboxylic acids is 1. The lowest BCUT2D eigenvalue weighted by atomic mass is 10.0. The summed E-state index contributed by atoms with van der Waals surface area (Å²) in [6, 6.07) is 2.23. The zero-order valence-electron chi connectivity index (χ0n) is 11.2. The number of nitrogens with one attached hydrogen (secondary N) is 1. The molecule has 108 valence electrons. The van der Waals surface area contributed by atoms with Crippen LogP contribution in [0.3, 0.4) is 0 Å². The molecule has 0 spiro atoms. The maximum atomic E-state index is 11.9. The third-order valence-electron chi connectivity index (χ3n) is 3.09. The van der Waals surface area contributed by atoms with Gasteiger partial charge in [-0.15, -0.1) is 10.2 Å². The van der Waals surface area contributed by atoms with Gasteiger partial charge in [0.05, 0.1) is 17.6 Å². The summed E-state index contributed by atoms with van der Waals surface area (Å²) >= 11 is 2.79. The minimum Gasteiger partial charge on any atom is -0.415 e. The Bertz CT molecular complexity index is 506. The van der Waals surface area contributed by atoms with Gasteiger partial charge in [0, 0.05) is 0 Å². The fourth-order valence-corrected chi connectivity index (χ4v) is 3.10. The molecular weight excluding hydrogens is 296 g/mol. The topological polar surface area (TPSA) is 91.8 Å². The predicted molar refractivity (Wildman–Crippen MR) is 77.2 cm³/mol. The maximum Gasteiger partial charge on any atom is 0.277 e.